The van der Waals surface area contributed by atoms with Crippen LogP contribution in [-0.2, 0) is 4.79 Å². The van der Waals surface area contributed by atoms with E-state index >= 15 is 0 Å². The predicted octanol–water partition coefficient (Wildman–Crippen LogP) is 2.92. The Labute approximate surface area is 148 Å². The third-order valence-electron chi connectivity index (χ3n) is 5.58. The fourth-order valence-corrected chi connectivity index (χ4v) is 3.76. The average molecular weight is 339 g/mol. The van der Waals surface area contributed by atoms with E-state index < -0.39 is 5.54 Å². The molecule has 5 heteroatoms. The summed E-state index contributed by atoms with van der Waals surface area (Å²) in [7, 11) is 0. The highest BCUT2D eigenvalue weighted by Crippen LogP contribution is 2.30. The van der Waals surface area contributed by atoms with Gasteiger partial charge in [-0.25, -0.2) is 0 Å². The summed E-state index contributed by atoms with van der Waals surface area (Å²) in [5, 5.41) is 4.23. The Morgan fingerprint density at radius 2 is 2.00 bits per heavy atom. The Balaban J connectivity index is 1.30. The van der Waals surface area contributed by atoms with Crippen molar-refractivity contribution in [3.8, 4) is 5.75 Å². The summed E-state index contributed by atoms with van der Waals surface area (Å²) in [4.78, 5) is 16.6. The zero-order valence-electron chi connectivity index (χ0n) is 14.4. The first kappa shape index (κ1) is 16.3. The van der Waals surface area contributed by atoms with Crippen LogP contribution in [0.15, 0.2) is 36.5 Å². The second kappa shape index (κ2) is 6.64. The van der Waals surface area contributed by atoms with Gasteiger partial charge in [0.2, 0.25) is 5.91 Å². The van der Waals surface area contributed by atoms with Crippen LogP contribution in [0.5, 0.6) is 5.75 Å². The van der Waals surface area contributed by atoms with E-state index in [0.717, 1.165) is 61.6 Å². The quantitative estimate of drug-likeness (QED) is 0.898. The summed E-state index contributed by atoms with van der Waals surface area (Å²) in [6.45, 7) is 0. The van der Waals surface area contributed by atoms with Gasteiger partial charge in [0.05, 0.1) is 17.2 Å². The predicted molar refractivity (Wildman–Crippen MR) is 97.3 cm³/mol. The van der Waals surface area contributed by atoms with Gasteiger partial charge >= 0.3 is 0 Å². The first-order chi connectivity index (χ1) is 12.1. The zero-order chi connectivity index (χ0) is 17.3. The molecule has 1 heterocycles. The maximum atomic E-state index is 12.2. The number of fused-ring (bicyclic) bond motifs is 1. The van der Waals surface area contributed by atoms with Gasteiger partial charge in [0.25, 0.3) is 0 Å². The van der Waals surface area contributed by atoms with Crippen LogP contribution >= 0.6 is 0 Å². The first-order valence-corrected chi connectivity index (χ1v) is 9.24. The second-order valence-corrected chi connectivity index (χ2v) is 7.43. The number of nitrogens with two attached hydrogens (primary N) is 1. The van der Waals surface area contributed by atoms with Crippen molar-refractivity contribution < 1.29 is 9.53 Å². The van der Waals surface area contributed by atoms with Crippen molar-refractivity contribution in [3.63, 3.8) is 0 Å². The third-order valence-corrected chi connectivity index (χ3v) is 5.58. The molecule has 132 valence electrons. The van der Waals surface area contributed by atoms with Gasteiger partial charge in [0, 0.05) is 17.6 Å². The van der Waals surface area contributed by atoms with Crippen LogP contribution < -0.4 is 15.8 Å². The molecule has 4 rings (SSSR count). The van der Waals surface area contributed by atoms with Crippen LogP contribution in [0.3, 0.4) is 0 Å². The van der Waals surface area contributed by atoms with E-state index in [9.17, 15) is 4.79 Å². The van der Waals surface area contributed by atoms with Crippen LogP contribution in [0.2, 0.25) is 0 Å². The number of ether oxygens (including phenoxy) is 1. The molecule has 2 aliphatic rings. The molecule has 0 aliphatic heterocycles. The minimum absolute atomic E-state index is 0.0325. The molecule has 0 saturated heterocycles. The van der Waals surface area contributed by atoms with Crippen molar-refractivity contribution in [2.45, 2.75) is 62.6 Å². The minimum atomic E-state index is -0.605. The molecule has 0 spiro atoms. The SMILES string of the molecule is NC1(C(=O)NC2CCC(Oc3ccc4ncccc4c3)CC2)CCC1. The highest BCUT2D eigenvalue weighted by molar-refractivity contribution is 5.87. The monoisotopic (exact) mass is 339 g/mol. The zero-order valence-corrected chi connectivity index (χ0v) is 14.4. The van der Waals surface area contributed by atoms with E-state index in [0.29, 0.717) is 0 Å². The second-order valence-electron chi connectivity index (χ2n) is 7.43. The lowest BCUT2D eigenvalue weighted by atomic mass is 9.76. The van der Waals surface area contributed by atoms with Gasteiger partial charge in [-0.1, -0.05) is 6.07 Å². The van der Waals surface area contributed by atoms with E-state index in [4.69, 9.17) is 10.5 Å². The summed E-state index contributed by atoms with van der Waals surface area (Å²) < 4.78 is 6.15. The number of nitrogens with zero attached hydrogens (tertiary/aromatic N) is 1. The van der Waals surface area contributed by atoms with Gasteiger partial charge in [0.1, 0.15) is 5.75 Å². The molecule has 0 radical (unpaired) electrons. The molecule has 0 bridgehead atoms. The summed E-state index contributed by atoms with van der Waals surface area (Å²) >= 11 is 0. The van der Waals surface area contributed by atoms with Crippen LogP contribution in [0.25, 0.3) is 10.9 Å². The lowest BCUT2D eigenvalue weighted by Crippen LogP contribution is -2.60. The summed E-state index contributed by atoms with van der Waals surface area (Å²) in [5.74, 6) is 0.925. The van der Waals surface area contributed by atoms with Crippen LogP contribution in [0.4, 0.5) is 0 Å². The molecule has 0 unspecified atom stereocenters. The number of benzene rings is 1. The Morgan fingerprint density at radius 1 is 1.20 bits per heavy atom. The number of hydrogen-bond acceptors (Lipinski definition) is 4. The molecule has 25 heavy (non-hydrogen) atoms. The molecule has 1 aromatic heterocycles. The number of carbonyl (C=O) groups excluding carboxylic acids is 1. The van der Waals surface area contributed by atoms with E-state index in [1.165, 1.54) is 0 Å². The van der Waals surface area contributed by atoms with Crippen molar-refractivity contribution >= 4 is 16.8 Å². The lowest BCUT2D eigenvalue weighted by molar-refractivity contribution is -0.130. The summed E-state index contributed by atoms with van der Waals surface area (Å²) in [5.41, 5.74) is 6.47. The van der Waals surface area contributed by atoms with Crippen LogP contribution in [-0.4, -0.2) is 28.6 Å². The van der Waals surface area contributed by atoms with Crippen molar-refractivity contribution in [1.29, 1.82) is 0 Å². The number of pyridine rings is 1. The Hall–Kier alpha value is -2.14. The molecular weight excluding hydrogens is 314 g/mol. The fraction of sp³-hybridized carbons (Fsp3) is 0.500. The van der Waals surface area contributed by atoms with Crippen LogP contribution in [0, 0.1) is 0 Å². The van der Waals surface area contributed by atoms with Gasteiger partial charge in [-0.15, -0.1) is 0 Å². The Bertz CT molecular complexity index is 764. The van der Waals surface area contributed by atoms with E-state index in [-0.39, 0.29) is 18.1 Å². The number of nitrogens with one attached hydrogen (secondary N) is 1. The van der Waals surface area contributed by atoms with Crippen LogP contribution in [0.1, 0.15) is 44.9 Å². The molecule has 5 nitrogen and oxygen atoms in total. The minimum Gasteiger partial charge on any atom is -0.490 e. The molecule has 2 aliphatic carbocycles. The number of amides is 1. The molecule has 2 fully saturated rings. The molecule has 1 amide bonds. The van der Waals surface area contributed by atoms with Gasteiger partial charge in [-0.2, -0.15) is 0 Å². The molecule has 2 aromatic rings. The maximum Gasteiger partial charge on any atom is 0.240 e. The largest absolute Gasteiger partial charge is 0.490 e. The third kappa shape index (κ3) is 3.47. The highest BCUT2D eigenvalue weighted by Gasteiger charge is 2.41. The highest BCUT2D eigenvalue weighted by atomic mass is 16.5. The van der Waals surface area contributed by atoms with Crippen molar-refractivity contribution in [3.05, 3.63) is 36.5 Å². The molecule has 2 saturated carbocycles. The summed E-state index contributed by atoms with van der Waals surface area (Å²) in [6.07, 6.45) is 8.49. The van der Waals surface area contributed by atoms with E-state index in [1.807, 2.05) is 30.3 Å². The smallest absolute Gasteiger partial charge is 0.240 e. The lowest BCUT2D eigenvalue weighted by Gasteiger charge is -2.38. The van der Waals surface area contributed by atoms with Gasteiger partial charge in [-0.3, -0.25) is 9.78 Å². The normalized spacial score (nSPS) is 25.2. The molecule has 0 atom stereocenters. The first-order valence-electron chi connectivity index (χ1n) is 9.24. The van der Waals surface area contributed by atoms with E-state index in [1.54, 1.807) is 6.20 Å². The van der Waals surface area contributed by atoms with Gasteiger partial charge in [-0.05, 0) is 69.2 Å². The van der Waals surface area contributed by atoms with Crippen molar-refractivity contribution in [1.82, 2.24) is 10.3 Å². The number of carbonyl (C=O) groups is 1. The molecule has 1 aromatic carbocycles. The van der Waals surface area contributed by atoms with E-state index in [2.05, 4.69) is 10.3 Å². The molecular formula is C20H25N3O2. The number of rotatable bonds is 4. The van der Waals surface area contributed by atoms with Gasteiger partial charge < -0.3 is 15.8 Å². The van der Waals surface area contributed by atoms with Crippen molar-refractivity contribution in [2.75, 3.05) is 0 Å². The maximum absolute atomic E-state index is 12.2. The summed E-state index contributed by atoms with van der Waals surface area (Å²) in [6, 6.07) is 10.2. The topological polar surface area (TPSA) is 77.2 Å². The average Bonchev–Trinajstić information content (AvgIpc) is 2.61. The standard InChI is InChI=1S/C20H25N3O2/c21-20(10-2-11-20)19(24)23-15-4-6-16(7-5-15)25-17-8-9-18-14(13-17)3-1-12-22-18/h1,3,8-9,12-13,15-16H,2,4-7,10-11,21H2,(H,23,24). The molecule has 3 N–H and O–H groups in total. The number of aromatic nitrogens is 1. The fourth-order valence-electron chi connectivity index (χ4n) is 3.76. The van der Waals surface area contributed by atoms with Crippen molar-refractivity contribution in [2.24, 2.45) is 5.73 Å². The number of hydrogen-bond donors (Lipinski definition) is 2. The Morgan fingerprint density at radius 3 is 2.72 bits per heavy atom. The van der Waals surface area contributed by atoms with Gasteiger partial charge in [0.15, 0.2) is 0 Å². The Kier molecular flexibility index (Phi) is 4.34.